The van der Waals surface area contributed by atoms with E-state index in [-0.39, 0.29) is 16.8 Å². The summed E-state index contributed by atoms with van der Waals surface area (Å²) in [5.74, 6) is 0.673. The summed E-state index contributed by atoms with van der Waals surface area (Å²) >= 11 is 5.82. The van der Waals surface area contributed by atoms with E-state index in [1.807, 2.05) is 0 Å². The molecular formula is C18H20ClF3N4. The first-order valence-electron chi connectivity index (χ1n) is 8.79. The molecule has 4 nitrogen and oxygen atoms in total. The fourth-order valence-corrected chi connectivity index (χ4v) is 4.16. The van der Waals surface area contributed by atoms with Gasteiger partial charge in [-0.05, 0) is 51.1 Å². The predicted molar refractivity (Wildman–Crippen MR) is 95.0 cm³/mol. The zero-order valence-electron chi connectivity index (χ0n) is 14.4. The summed E-state index contributed by atoms with van der Waals surface area (Å²) in [5.41, 5.74) is 1.17. The normalized spacial score (nSPS) is 20.9. The van der Waals surface area contributed by atoms with Crippen LogP contribution in [0.4, 0.5) is 19.0 Å². The molecule has 2 aliphatic rings. The molecule has 1 aromatic heterocycles. The van der Waals surface area contributed by atoms with Crippen LogP contribution in [0, 0.1) is 0 Å². The van der Waals surface area contributed by atoms with Crippen LogP contribution >= 0.6 is 11.6 Å². The predicted octanol–water partition coefficient (Wildman–Crippen LogP) is 4.67. The molecule has 1 saturated heterocycles. The number of halogens is 4. The SMILES string of the molecule is CN1CCCCC1c1nn(-c2ccc(Cl)cc2C(F)(F)F)c2c1CCN2. The van der Waals surface area contributed by atoms with Crippen LogP contribution in [0.15, 0.2) is 18.2 Å². The molecule has 26 heavy (non-hydrogen) atoms. The van der Waals surface area contributed by atoms with E-state index in [1.165, 1.54) is 16.8 Å². The summed E-state index contributed by atoms with van der Waals surface area (Å²) < 4.78 is 42.1. The van der Waals surface area contributed by atoms with Crippen LogP contribution in [0.3, 0.4) is 0 Å². The number of hydrogen-bond donors (Lipinski definition) is 1. The molecule has 140 valence electrons. The molecule has 0 bridgehead atoms. The fraction of sp³-hybridized carbons (Fsp3) is 0.500. The Kier molecular flexibility index (Phi) is 4.39. The molecule has 0 radical (unpaired) electrons. The van der Waals surface area contributed by atoms with Crippen LogP contribution in [-0.4, -0.2) is 34.8 Å². The van der Waals surface area contributed by atoms with E-state index in [1.54, 1.807) is 0 Å². The van der Waals surface area contributed by atoms with E-state index in [9.17, 15) is 13.2 Å². The molecule has 4 rings (SSSR count). The molecule has 1 fully saturated rings. The number of benzene rings is 1. The first kappa shape index (κ1) is 17.7. The molecule has 2 aliphatic heterocycles. The monoisotopic (exact) mass is 384 g/mol. The topological polar surface area (TPSA) is 33.1 Å². The summed E-state index contributed by atoms with van der Waals surface area (Å²) in [6, 6.07) is 3.99. The number of nitrogens with one attached hydrogen (secondary N) is 1. The quantitative estimate of drug-likeness (QED) is 0.816. The van der Waals surface area contributed by atoms with Gasteiger partial charge < -0.3 is 5.32 Å². The van der Waals surface area contributed by atoms with Crippen LogP contribution in [0.2, 0.25) is 5.02 Å². The van der Waals surface area contributed by atoms with Crippen LogP contribution in [0.1, 0.15) is 42.1 Å². The van der Waals surface area contributed by atoms with Crippen molar-refractivity contribution in [3.63, 3.8) is 0 Å². The summed E-state index contributed by atoms with van der Waals surface area (Å²) in [4.78, 5) is 2.25. The van der Waals surface area contributed by atoms with Gasteiger partial charge in [0.25, 0.3) is 0 Å². The highest BCUT2D eigenvalue weighted by Crippen LogP contribution is 2.41. The number of likely N-dealkylation sites (tertiary alicyclic amines) is 1. The molecule has 0 spiro atoms. The van der Waals surface area contributed by atoms with Crippen LogP contribution in [0.5, 0.6) is 0 Å². The number of alkyl halides is 3. The molecule has 1 unspecified atom stereocenters. The van der Waals surface area contributed by atoms with Crippen LogP contribution < -0.4 is 5.32 Å². The molecule has 8 heteroatoms. The maximum absolute atomic E-state index is 13.6. The maximum atomic E-state index is 13.6. The second kappa shape index (κ2) is 6.46. The highest BCUT2D eigenvalue weighted by Gasteiger charge is 2.37. The molecule has 0 saturated carbocycles. The maximum Gasteiger partial charge on any atom is 0.418 e. The Hall–Kier alpha value is -1.73. The first-order chi connectivity index (χ1) is 12.4. The van der Waals surface area contributed by atoms with Crippen molar-refractivity contribution in [3.05, 3.63) is 40.0 Å². The van der Waals surface area contributed by atoms with Crippen molar-refractivity contribution < 1.29 is 13.2 Å². The second-order valence-electron chi connectivity index (χ2n) is 6.95. The van der Waals surface area contributed by atoms with Gasteiger partial charge >= 0.3 is 6.18 Å². The van der Waals surface area contributed by atoms with Crippen molar-refractivity contribution >= 4 is 17.4 Å². The lowest BCUT2D eigenvalue weighted by atomic mass is 9.97. The van der Waals surface area contributed by atoms with Gasteiger partial charge in [0, 0.05) is 17.1 Å². The van der Waals surface area contributed by atoms with Crippen LogP contribution in [0.25, 0.3) is 5.69 Å². The largest absolute Gasteiger partial charge is 0.418 e. The standard InChI is InChI=1S/C18H20ClF3N4/c1-25-9-3-2-4-15(25)16-12-7-8-23-17(12)26(24-16)14-6-5-11(19)10-13(14)18(20,21)22/h5-6,10,15,23H,2-4,7-9H2,1H3. The average Bonchev–Trinajstić information content (AvgIpc) is 3.17. The Morgan fingerprint density at radius 1 is 1.27 bits per heavy atom. The van der Waals surface area contributed by atoms with E-state index in [2.05, 4.69) is 22.4 Å². The van der Waals surface area contributed by atoms with Gasteiger partial charge in [0.1, 0.15) is 5.82 Å². The summed E-state index contributed by atoms with van der Waals surface area (Å²) in [6.45, 7) is 1.69. The Morgan fingerprint density at radius 3 is 2.81 bits per heavy atom. The zero-order chi connectivity index (χ0) is 18.5. The number of piperidine rings is 1. The highest BCUT2D eigenvalue weighted by atomic mass is 35.5. The summed E-state index contributed by atoms with van der Waals surface area (Å²) in [5, 5.41) is 7.93. The van der Waals surface area contributed by atoms with Gasteiger partial charge in [-0.15, -0.1) is 0 Å². The van der Waals surface area contributed by atoms with Gasteiger partial charge in [-0.2, -0.15) is 18.3 Å². The molecule has 0 aliphatic carbocycles. The van der Waals surface area contributed by atoms with Crippen molar-refractivity contribution in [2.45, 2.75) is 37.9 Å². The fourth-order valence-electron chi connectivity index (χ4n) is 3.98. The Balaban J connectivity index is 1.86. The van der Waals surface area contributed by atoms with Gasteiger partial charge in [-0.3, -0.25) is 4.90 Å². The van der Waals surface area contributed by atoms with Gasteiger partial charge in [0.15, 0.2) is 0 Å². The van der Waals surface area contributed by atoms with Crippen LogP contribution in [-0.2, 0) is 12.6 Å². The number of fused-ring (bicyclic) bond motifs is 1. The molecule has 2 aromatic rings. The van der Waals surface area contributed by atoms with Crippen molar-refractivity contribution in [3.8, 4) is 5.69 Å². The Labute approximate surface area is 154 Å². The number of hydrogen-bond acceptors (Lipinski definition) is 3. The number of nitrogens with zero attached hydrogens (tertiary/aromatic N) is 3. The molecule has 0 amide bonds. The second-order valence-corrected chi connectivity index (χ2v) is 7.39. The molecule has 1 atom stereocenters. The van der Waals surface area contributed by atoms with E-state index in [4.69, 9.17) is 11.6 Å². The van der Waals surface area contributed by atoms with E-state index in [0.717, 1.165) is 49.6 Å². The third-order valence-corrected chi connectivity index (χ3v) is 5.50. The lowest BCUT2D eigenvalue weighted by Crippen LogP contribution is -2.30. The number of aromatic nitrogens is 2. The minimum atomic E-state index is -4.50. The van der Waals surface area contributed by atoms with Gasteiger partial charge in [-0.25, -0.2) is 4.68 Å². The number of anilines is 1. The van der Waals surface area contributed by atoms with E-state index < -0.39 is 11.7 Å². The van der Waals surface area contributed by atoms with Gasteiger partial charge in [-0.1, -0.05) is 18.0 Å². The molecular weight excluding hydrogens is 365 g/mol. The zero-order valence-corrected chi connectivity index (χ0v) is 15.2. The van der Waals surface area contributed by atoms with Crippen molar-refractivity contribution in [1.82, 2.24) is 14.7 Å². The van der Waals surface area contributed by atoms with E-state index >= 15 is 0 Å². The smallest absolute Gasteiger partial charge is 0.369 e. The van der Waals surface area contributed by atoms with Gasteiger partial charge in [0.2, 0.25) is 0 Å². The van der Waals surface area contributed by atoms with Gasteiger partial charge in [0.05, 0.1) is 23.0 Å². The minimum absolute atomic E-state index is 0.0114. The lowest BCUT2D eigenvalue weighted by molar-refractivity contribution is -0.137. The number of rotatable bonds is 2. The Bertz CT molecular complexity index is 831. The van der Waals surface area contributed by atoms with Crippen molar-refractivity contribution in [2.24, 2.45) is 0 Å². The highest BCUT2D eigenvalue weighted by molar-refractivity contribution is 6.30. The summed E-state index contributed by atoms with van der Waals surface area (Å²) in [7, 11) is 2.06. The van der Waals surface area contributed by atoms with Crippen molar-refractivity contribution in [1.29, 1.82) is 0 Å². The third kappa shape index (κ3) is 2.97. The lowest BCUT2D eigenvalue weighted by Gasteiger charge is -2.31. The third-order valence-electron chi connectivity index (χ3n) is 5.26. The summed E-state index contributed by atoms with van der Waals surface area (Å²) in [6.07, 6.45) is -0.488. The molecule has 1 N–H and O–H groups in total. The van der Waals surface area contributed by atoms with E-state index in [0.29, 0.717) is 12.4 Å². The van der Waals surface area contributed by atoms with Crippen molar-refractivity contribution in [2.75, 3.05) is 25.5 Å². The molecule has 3 heterocycles. The Morgan fingerprint density at radius 2 is 2.08 bits per heavy atom. The first-order valence-corrected chi connectivity index (χ1v) is 9.17. The minimum Gasteiger partial charge on any atom is -0.369 e. The average molecular weight is 385 g/mol. The molecule has 1 aromatic carbocycles.